The Kier molecular flexibility index (Phi) is 5.37. The first-order valence-corrected chi connectivity index (χ1v) is 8.37. The summed E-state index contributed by atoms with van der Waals surface area (Å²) in [5.41, 5.74) is 1.97. The van der Waals surface area contributed by atoms with Crippen LogP contribution in [0.1, 0.15) is 39.3 Å². The van der Waals surface area contributed by atoms with E-state index in [0.717, 1.165) is 22.7 Å². The van der Waals surface area contributed by atoms with Gasteiger partial charge in [-0.05, 0) is 43.8 Å². The Labute approximate surface area is 130 Å². The third-order valence-corrected chi connectivity index (χ3v) is 4.25. The van der Waals surface area contributed by atoms with Crippen molar-refractivity contribution in [2.75, 3.05) is 6.54 Å². The zero-order chi connectivity index (χ0) is 15.4. The maximum absolute atomic E-state index is 12.7. The molecule has 0 bridgehead atoms. The molecule has 0 aliphatic heterocycles. The van der Waals surface area contributed by atoms with Crippen molar-refractivity contribution in [3.8, 4) is 10.6 Å². The molecule has 0 radical (unpaired) electrons. The Morgan fingerprint density at radius 3 is 2.52 bits per heavy atom. The van der Waals surface area contributed by atoms with Crippen LogP contribution < -0.4 is 10.9 Å². The molecule has 0 atom stereocenters. The molecule has 0 spiro atoms. The normalized spacial score (nSPS) is 11.5. The van der Waals surface area contributed by atoms with Gasteiger partial charge in [-0.2, -0.15) is 0 Å². The fraction of sp³-hybridized carbons (Fsp3) is 0.471. The van der Waals surface area contributed by atoms with Gasteiger partial charge in [0.15, 0.2) is 0 Å². The summed E-state index contributed by atoms with van der Waals surface area (Å²) in [6.07, 6.45) is 0. The lowest BCUT2D eigenvalue weighted by Gasteiger charge is -2.17. The van der Waals surface area contributed by atoms with E-state index in [2.05, 4.69) is 45.1 Å². The summed E-state index contributed by atoms with van der Waals surface area (Å²) >= 11 is 1.67. The number of hydrogen-bond acceptors (Lipinski definition) is 3. The molecule has 2 heterocycles. The Morgan fingerprint density at radius 1 is 1.19 bits per heavy atom. The van der Waals surface area contributed by atoms with Crippen LogP contribution in [0.4, 0.5) is 0 Å². The van der Waals surface area contributed by atoms with Gasteiger partial charge in [0.05, 0.1) is 10.6 Å². The van der Waals surface area contributed by atoms with Crippen LogP contribution in [0.15, 0.2) is 34.4 Å². The van der Waals surface area contributed by atoms with Crippen molar-refractivity contribution in [3.05, 3.63) is 45.6 Å². The lowest BCUT2D eigenvalue weighted by molar-refractivity contribution is 0.540. The highest BCUT2D eigenvalue weighted by Crippen LogP contribution is 2.25. The van der Waals surface area contributed by atoms with E-state index in [0.29, 0.717) is 12.5 Å². The third-order valence-electron chi connectivity index (χ3n) is 3.35. The van der Waals surface area contributed by atoms with Crippen molar-refractivity contribution in [2.45, 2.75) is 40.3 Å². The Balaban J connectivity index is 2.35. The fourth-order valence-electron chi connectivity index (χ4n) is 2.36. The van der Waals surface area contributed by atoms with Crippen LogP contribution in [0.5, 0.6) is 0 Å². The van der Waals surface area contributed by atoms with Crippen molar-refractivity contribution in [2.24, 2.45) is 5.92 Å². The van der Waals surface area contributed by atoms with Crippen LogP contribution >= 0.6 is 11.3 Å². The zero-order valence-electron chi connectivity index (χ0n) is 13.2. The molecule has 3 nitrogen and oxygen atoms in total. The molecule has 0 aliphatic carbocycles. The van der Waals surface area contributed by atoms with Gasteiger partial charge in [-0.3, -0.25) is 4.79 Å². The minimum Gasteiger partial charge on any atom is -0.312 e. The standard InChI is InChI=1S/C17H24N2OS/c1-12(2)10-18-11-14-7-8-15(16-6-5-9-21-16)19(13(3)4)17(14)20/h5-9,12-13,18H,10-11H2,1-4H3. The molecule has 4 heteroatoms. The zero-order valence-corrected chi connectivity index (χ0v) is 14.0. The van der Waals surface area contributed by atoms with Crippen LogP contribution in [0, 0.1) is 5.92 Å². The average molecular weight is 304 g/mol. The van der Waals surface area contributed by atoms with Crippen molar-refractivity contribution < 1.29 is 0 Å². The van der Waals surface area contributed by atoms with Crippen LogP contribution in [0.3, 0.4) is 0 Å². The van der Waals surface area contributed by atoms with Crippen molar-refractivity contribution in [1.82, 2.24) is 9.88 Å². The van der Waals surface area contributed by atoms with Gasteiger partial charge in [0.25, 0.3) is 5.56 Å². The van der Waals surface area contributed by atoms with Crippen LogP contribution in [-0.2, 0) is 6.54 Å². The molecule has 21 heavy (non-hydrogen) atoms. The summed E-state index contributed by atoms with van der Waals surface area (Å²) in [6.45, 7) is 10.0. The maximum Gasteiger partial charge on any atom is 0.255 e. The minimum absolute atomic E-state index is 0.118. The number of pyridine rings is 1. The molecule has 1 N–H and O–H groups in total. The van der Waals surface area contributed by atoms with Gasteiger partial charge in [0, 0.05) is 18.2 Å². The summed E-state index contributed by atoms with van der Waals surface area (Å²) in [7, 11) is 0. The van der Waals surface area contributed by atoms with E-state index in [-0.39, 0.29) is 11.6 Å². The molecule has 2 aromatic heterocycles. The Bertz CT molecular complexity index is 627. The number of thiophene rings is 1. The summed E-state index contributed by atoms with van der Waals surface area (Å²) in [5.74, 6) is 0.586. The SMILES string of the molecule is CC(C)CNCc1ccc(-c2cccs2)n(C(C)C)c1=O. The number of rotatable bonds is 6. The van der Waals surface area contributed by atoms with E-state index < -0.39 is 0 Å². The molecule has 2 aromatic rings. The monoisotopic (exact) mass is 304 g/mol. The van der Waals surface area contributed by atoms with Crippen LogP contribution in [-0.4, -0.2) is 11.1 Å². The van der Waals surface area contributed by atoms with Crippen molar-refractivity contribution in [3.63, 3.8) is 0 Å². The van der Waals surface area contributed by atoms with Gasteiger partial charge in [0.2, 0.25) is 0 Å². The summed E-state index contributed by atoms with van der Waals surface area (Å²) in [6, 6.07) is 8.27. The minimum atomic E-state index is 0.118. The topological polar surface area (TPSA) is 34.0 Å². The highest BCUT2D eigenvalue weighted by molar-refractivity contribution is 7.13. The average Bonchev–Trinajstić information content (AvgIpc) is 2.93. The lowest BCUT2D eigenvalue weighted by Crippen LogP contribution is -2.30. The quantitative estimate of drug-likeness (QED) is 0.878. The number of aromatic nitrogens is 1. The second-order valence-electron chi connectivity index (χ2n) is 6.01. The van der Waals surface area contributed by atoms with Gasteiger partial charge in [-0.15, -0.1) is 11.3 Å². The molecule has 2 rings (SSSR count). The maximum atomic E-state index is 12.7. The second kappa shape index (κ2) is 7.05. The molecule has 0 aliphatic rings. The molecule has 0 saturated heterocycles. The van der Waals surface area contributed by atoms with E-state index in [4.69, 9.17) is 0 Å². The third kappa shape index (κ3) is 3.83. The fourth-order valence-corrected chi connectivity index (χ4v) is 3.11. The molecule has 0 saturated carbocycles. The highest BCUT2D eigenvalue weighted by atomic mass is 32.1. The molecular formula is C17H24N2OS. The highest BCUT2D eigenvalue weighted by Gasteiger charge is 2.13. The van der Waals surface area contributed by atoms with Gasteiger partial charge in [0.1, 0.15) is 0 Å². The van der Waals surface area contributed by atoms with E-state index in [1.54, 1.807) is 11.3 Å². The summed E-state index contributed by atoms with van der Waals surface area (Å²) in [5, 5.41) is 5.40. The molecule has 0 unspecified atom stereocenters. The second-order valence-corrected chi connectivity index (χ2v) is 6.96. The Morgan fingerprint density at radius 2 is 1.95 bits per heavy atom. The van der Waals surface area contributed by atoms with Crippen molar-refractivity contribution >= 4 is 11.3 Å². The largest absolute Gasteiger partial charge is 0.312 e. The van der Waals surface area contributed by atoms with Gasteiger partial charge in [-0.25, -0.2) is 0 Å². The first-order valence-electron chi connectivity index (χ1n) is 7.49. The van der Waals surface area contributed by atoms with Crippen LogP contribution in [0.25, 0.3) is 10.6 Å². The Hall–Kier alpha value is -1.39. The first kappa shape index (κ1) is 16.0. The van der Waals surface area contributed by atoms with E-state index in [9.17, 15) is 4.79 Å². The van der Waals surface area contributed by atoms with Gasteiger partial charge in [-0.1, -0.05) is 26.0 Å². The molecule has 114 valence electrons. The van der Waals surface area contributed by atoms with Gasteiger partial charge >= 0.3 is 0 Å². The molecule has 0 aromatic carbocycles. The van der Waals surface area contributed by atoms with E-state index >= 15 is 0 Å². The number of hydrogen-bond donors (Lipinski definition) is 1. The van der Waals surface area contributed by atoms with Crippen LogP contribution in [0.2, 0.25) is 0 Å². The smallest absolute Gasteiger partial charge is 0.255 e. The van der Waals surface area contributed by atoms with Gasteiger partial charge < -0.3 is 9.88 Å². The number of nitrogens with zero attached hydrogens (tertiary/aromatic N) is 1. The van der Waals surface area contributed by atoms with E-state index in [1.807, 2.05) is 22.1 Å². The summed E-state index contributed by atoms with van der Waals surface area (Å²) < 4.78 is 1.90. The van der Waals surface area contributed by atoms with E-state index in [1.165, 1.54) is 0 Å². The lowest BCUT2D eigenvalue weighted by atomic mass is 10.1. The summed E-state index contributed by atoms with van der Waals surface area (Å²) in [4.78, 5) is 13.9. The molecule has 0 amide bonds. The van der Waals surface area contributed by atoms with Crippen molar-refractivity contribution in [1.29, 1.82) is 0 Å². The predicted molar refractivity (Wildman–Crippen MR) is 90.9 cm³/mol. The molecule has 0 fully saturated rings. The first-order chi connectivity index (χ1) is 10.0. The molecular weight excluding hydrogens is 280 g/mol. The predicted octanol–water partition coefficient (Wildman–Crippen LogP) is 3.90. The number of nitrogens with one attached hydrogen (secondary N) is 1.